The van der Waals surface area contributed by atoms with Crippen molar-refractivity contribution in [2.24, 2.45) is 10.8 Å². The van der Waals surface area contributed by atoms with Gasteiger partial charge in [-0.2, -0.15) is 0 Å². The Bertz CT molecular complexity index is 902. The molecule has 0 aliphatic heterocycles. The van der Waals surface area contributed by atoms with Gasteiger partial charge in [-0.15, -0.1) is 0 Å². The van der Waals surface area contributed by atoms with Crippen molar-refractivity contribution in [3.05, 3.63) is 30.3 Å². The molecule has 1 aromatic rings. The van der Waals surface area contributed by atoms with Gasteiger partial charge in [-0.1, -0.05) is 18.2 Å². The van der Waals surface area contributed by atoms with Crippen molar-refractivity contribution < 1.29 is 37.5 Å². The van der Waals surface area contributed by atoms with E-state index in [1.807, 2.05) is 0 Å². The van der Waals surface area contributed by atoms with Gasteiger partial charge in [0.05, 0.1) is 18.5 Å². The Kier molecular flexibility index (Phi) is 8.88. The van der Waals surface area contributed by atoms with Gasteiger partial charge in [0.2, 0.25) is 0 Å². The summed E-state index contributed by atoms with van der Waals surface area (Å²) in [6.07, 6.45) is 0. The predicted octanol–water partition coefficient (Wildman–Crippen LogP) is 3.66. The maximum atomic E-state index is 13.8. The third-order valence-corrected chi connectivity index (χ3v) is 7.17. The number of ketones is 3. The molecule has 0 bridgehead atoms. The summed E-state index contributed by atoms with van der Waals surface area (Å²) < 4.78 is 30.3. The molecule has 9 heteroatoms. The molecule has 0 fully saturated rings. The monoisotopic (exact) mass is 468 g/mol. The lowest BCUT2D eigenvalue weighted by atomic mass is 9.83. The molecule has 0 saturated carbocycles. The molecule has 0 radical (unpaired) electrons. The summed E-state index contributed by atoms with van der Waals surface area (Å²) in [7, 11) is -4.14. The van der Waals surface area contributed by atoms with E-state index in [0.717, 1.165) is 0 Å². The number of carbonyl (C=O) groups excluding carboxylic acids is 4. The van der Waals surface area contributed by atoms with E-state index >= 15 is 0 Å². The van der Waals surface area contributed by atoms with Gasteiger partial charge in [0.1, 0.15) is 33.8 Å². The Morgan fingerprint density at radius 1 is 0.750 bits per heavy atom. The normalized spacial score (nSPS) is 15.9. The predicted molar refractivity (Wildman–Crippen MR) is 120 cm³/mol. The lowest BCUT2D eigenvalue weighted by Gasteiger charge is -2.31. The first-order chi connectivity index (χ1) is 14.5. The van der Waals surface area contributed by atoms with Gasteiger partial charge in [-0.05, 0) is 67.5 Å². The van der Waals surface area contributed by atoms with E-state index in [4.69, 9.17) is 13.8 Å². The van der Waals surface area contributed by atoms with Crippen LogP contribution in [0.5, 0.6) is 0 Å². The van der Waals surface area contributed by atoms with E-state index in [9.17, 15) is 23.7 Å². The van der Waals surface area contributed by atoms with Crippen LogP contribution in [0, 0.1) is 10.8 Å². The Hall–Kier alpha value is -2.15. The Morgan fingerprint density at radius 2 is 1.16 bits per heavy atom. The second-order valence-electron chi connectivity index (χ2n) is 9.21. The van der Waals surface area contributed by atoms with Crippen LogP contribution in [0.25, 0.3) is 0 Å². The molecule has 2 atom stereocenters. The highest BCUT2D eigenvalue weighted by Gasteiger charge is 2.46. The zero-order chi connectivity index (χ0) is 25.0. The third kappa shape index (κ3) is 6.67. The zero-order valence-corrected chi connectivity index (χ0v) is 20.9. The fraction of sp³-hybridized carbons (Fsp3) is 0.565. The van der Waals surface area contributed by atoms with Gasteiger partial charge in [-0.3, -0.25) is 23.7 Å². The number of esters is 1. The molecule has 1 rings (SSSR count). The fourth-order valence-electron chi connectivity index (χ4n) is 2.37. The molecule has 0 N–H and O–H groups in total. The van der Waals surface area contributed by atoms with Crippen LogP contribution in [0.15, 0.2) is 30.3 Å². The van der Waals surface area contributed by atoms with E-state index in [1.165, 1.54) is 46.8 Å². The smallest absolute Gasteiger partial charge is 0.361 e. The van der Waals surface area contributed by atoms with Crippen LogP contribution in [0.4, 0.5) is 0 Å². The highest BCUT2D eigenvalue weighted by molar-refractivity contribution is 7.62. The lowest BCUT2D eigenvalue weighted by Crippen LogP contribution is -2.44. The van der Waals surface area contributed by atoms with Crippen molar-refractivity contribution >= 4 is 36.2 Å². The molecule has 0 saturated heterocycles. The van der Waals surface area contributed by atoms with Crippen molar-refractivity contribution in [3.63, 3.8) is 0 Å². The number of benzene rings is 1. The first-order valence-electron chi connectivity index (χ1n) is 10.2. The van der Waals surface area contributed by atoms with Crippen molar-refractivity contribution in [1.29, 1.82) is 0 Å². The molecule has 0 aromatic heterocycles. The third-order valence-electron chi connectivity index (χ3n) is 5.30. The van der Waals surface area contributed by atoms with Gasteiger partial charge in [0.25, 0.3) is 0 Å². The number of Topliss-reactive ketones (excluding diaryl/α,β-unsaturated/α-hetero) is 3. The minimum Gasteiger partial charge on any atom is -0.459 e. The molecule has 0 aliphatic rings. The standard InChI is InChI=1S/C23H33O8P/c1-16(24)22(7,17(2)25)14-29-32(28,19-12-10-9-11-13-19)30-15-23(8,18(3)26)20(27)31-21(4,5)6/h9-13H,14-15H2,1-8H3. The summed E-state index contributed by atoms with van der Waals surface area (Å²) >= 11 is 0. The zero-order valence-electron chi connectivity index (χ0n) is 20.0. The maximum Gasteiger partial charge on any atom is 0.361 e. The summed E-state index contributed by atoms with van der Waals surface area (Å²) in [5, 5.41) is 0.157. The molecule has 32 heavy (non-hydrogen) atoms. The summed E-state index contributed by atoms with van der Waals surface area (Å²) in [6, 6.07) is 7.92. The van der Waals surface area contributed by atoms with E-state index in [0.29, 0.717) is 0 Å². The average molecular weight is 468 g/mol. The molecule has 2 unspecified atom stereocenters. The topological polar surface area (TPSA) is 113 Å². The number of rotatable bonds is 11. The van der Waals surface area contributed by atoms with Crippen LogP contribution in [-0.2, 0) is 37.5 Å². The molecule has 0 heterocycles. The summed E-state index contributed by atoms with van der Waals surface area (Å²) in [4.78, 5) is 49.2. The highest BCUT2D eigenvalue weighted by atomic mass is 31.2. The number of ether oxygens (including phenoxy) is 1. The van der Waals surface area contributed by atoms with Gasteiger partial charge in [-0.25, -0.2) is 0 Å². The first kappa shape index (κ1) is 27.9. The van der Waals surface area contributed by atoms with Crippen LogP contribution in [-0.4, -0.2) is 42.1 Å². The van der Waals surface area contributed by atoms with Crippen LogP contribution in [0.1, 0.15) is 55.4 Å². The van der Waals surface area contributed by atoms with Crippen molar-refractivity contribution in [2.75, 3.05) is 13.2 Å². The van der Waals surface area contributed by atoms with Crippen LogP contribution in [0.2, 0.25) is 0 Å². The minimum absolute atomic E-state index is 0.157. The van der Waals surface area contributed by atoms with Crippen molar-refractivity contribution in [3.8, 4) is 0 Å². The fourth-order valence-corrected chi connectivity index (χ4v) is 4.14. The van der Waals surface area contributed by atoms with Gasteiger partial charge in [0.15, 0.2) is 0 Å². The number of carbonyl (C=O) groups is 4. The Balaban J connectivity index is 3.29. The van der Waals surface area contributed by atoms with Gasteiger partial charge < -0.3 is 13.8 Å². The quantitative estimate of drug-likeness (QED) is 0.275. The second-order valence-corrected chi connectivity index (χ2v) is 11.2. The Morgan fingerprint density at radius 3 is 1.53 bits per heavy atom. The largest absolute Gasteiger partial charge is 0.459 e. The summed E-state index contributed by atoms with van der Waals surface area (Å²) in [6.45, 7) is 10.3. The molecule has 0 spiro atoms. The molecule has 0 aliphatic carbocycles. The van der Waals surface area contributed by atoms with Crippen molar-refractivity contribution in [2.45, 2.75) is 61.0 Å². The van der Waals surface area contributed by atoms with Gasteiger partial charge >= 0.3 is 13.6 Å². The lowest BCUT2D eigenvalue weighted by molar-refractivity contribution is -0.170. The first-order valence-corrected chi connectivity index (χ1v) is 11.7. The Labute approximate surface area is 189 Å². The van der Waals surface area contributed by atoms with Crippen LogP contribution >= 0.6 is 7.60 Å². The molecular weight excluding hydrogens is 435 g/mol. The molecule has 8 nitrogen and oxygen atoms in total. The van der Waals surface area contributed by atoms with E-state index < -0.39 is 60.6 Å². The second kappa shape index (κ2) is 10.2. The highest BCUT2D eigenvalue weighted by Crippen LogP contribution is 2.49. The number of hydrogen-bond donors (Lipinski definition) is 0. The van der Waals surface area contributed by atoms with E-state index in [2.05, 4.69) is 0 Å². The molecule has 1 aromatic carbocycles. The van der Waals surface area contributed by atoms with Crippen LogP contribution < -0.4 is 5.30 Å². The maximum absolute atomic E-state index is 13.8. The SMILES string of the molecule is CC(=O)C(C)(COP(=O)(OCC(C)(C(C)=O)C(=O)OC(C)(C)C)c1ccccc1)C(C)=O. The van der Waals surface area contributed by atoms with E-state index in [-0.39, 0.29) is 5.30 Å². The molecule has 178 valence electrons. The average Bonchev–Trinajstić information content (AvgIpc) is 2.69. The molecule has 0 amide bonds. The van der Waals surface area contributed by atoms with E-state index in [1.54, 1.807) is 39.0 Å². The summed E-state index contributed by atoms with van der Waals surface area (Å²) in [5.74, 6) is -2.27. The summed E-state index contributed by atoms with van der Waals surface area (Å²) in [5.41, 5.74) is -4.12. The number of hydrogen-bond acceptors (Lipinski definition) is 8. The van der Waals surface area contributed by atoms with Gasteiger partial charge in [0, 0.05) is 0 Å². The molecular formula is C23H33O8P. The van der Waals surface area contributed by atoms with Crippen molar-refractivity contribution in [1.82, 2.24) is 0 Å². The minimum atomic E-state index is -4.14. The van der Waals surface area contributed by atoms with Crippen LogP contribution in [0.3, 0.4) is 0 Å².